The van der Waals surface area contributed by atoms with Gasteiger partial charge in [0.05, 0.1) is 7.11 Å². The van der Waals surface area contributed by atoms with Crippen LogP contribution in [0.25, 0.3) is 11.1 Å². The Hall–Kier alpha value is -3.14. The molecule has 4 heteroatoms. The van der Waals surface area contributed by atoms with Crippen LogP contribution in [0.5, 0.6) is 5.88 Å². The lowest BCUT2D eigenvalue weighted by atomic mass is 9.99. The van der Waals surface area contributed by atoms with Crippen molar-refractivity contribution in [3.05, 3.63) is 78.0 Å². The van der Waals surface area contributed by atoms with Crippen LogP contribution in [-0.2, 0) is 6.42 Å². The molecule has 0 spiro atoms. The van der Waals surface area contributed by atoms with Gasteiger partial charge in [-0.2, -0.15) is 0 Å². The maximum atomic E-state index is 12.5. The van der Waals surface area contributed by atoms with Gasteiger partial charge in [-0.1, -0.05) is 49.4 Å². The Morgan fingerprint density at radius 3 is 2.17 bits per heavy atom. The minimum absolute atomic E-state index is 0.143. The van der Waals surface area contributed by atoms with Crippen LogP contribution in [0.3, 0.4) is 0 Å². The number of anilines is 1. The first-order valence-electron chi connectivity index (χ1n) is 10.0. The van der Waals surface area contributed by atoms with Gasteiger partial charge in [0.25, 0.3) is 0 Å². The number of ether oxygens (including phenoxy) is 1. The molecular weight excluding hydrogens is 360 g/mol. The van der Waals surface area contributed by atoms with Crippen molar-refractivity contribution in [2.75, 3.05) is 25.6 Å². The SMILES string of the molecule is CCCN(C)c1ccc(-c2ccc(C(=O)CCc3ccc(OC)nc3)cc2)cc1. The van der Waals surface area contributed by atoms with Crippen molar-refractivity contribution in [1.29, 1.82) is 0 Å². The summed E-state index contributed by atoms with van der Waals surface area (Å²) in [5.74, 6) is 0.726. The number of rotatable bonds is 9. The van der Waals surface area contributed by atoms with Crippen molar-refractivity contribution < 1.29 is 9.53 Å². The van der Waals surface area contributed by atoms with E-state index in [-0.39, 0.29) is 5.78 Å². The minimum Gasteiger partial charge on any atom is -0.481 e. The molecule has 2 aromatic carbocycles. The van der Waals surface area contributed by atoms with Crippen molar-refractivity contribution in [2.45, 2.75) is 26.2 Å². The second-order valence-corrected chi connectivity index (χ2v) is 7.18. The number of aromatic nitrogens is 1. The van der Waals surface area contributed by atoms with E-state index in [2.05, 4.69) is 48.1 Å². The smallest absolute Gasteiger partial charge is 0.212 e. The number of pyridine rings is 1. The largest absolute Gasteiger partial charge is 0.481 e. The second kappa shape index (κ2) is 9.87. The molecule has 150 valence electrons. The molecule has 0 bridgehead atoms. The van der Waals surface area contributed by atoms with Gasteiger partial charge in [0, 0.05) is 43.5 Å². The first kappa shape index (κ1) is 20.6. The van der Waals surface area contributed by atoms with Crippen LogP contribution in [0.2, 0.25) is 0 Å². The van der Waals surface area contributed by atoms with E-state index in [1.807, 2.05) is 36.4 Å². The lowest BCUT2D eigenvalue weighted by molar-refractivity contribution is 0.0983. The summed E-state index contributed by atoms with van der Waals surface area (Å²) in [6.45, 7) is 3.23. The first-order valence-corrected chi connectivity index (χ1v) is 10.0. The quantitative estimate of drug-likeness (QED) is 0.459. The summed E-state index contributed by atoms with van der Waals surface area (Å²) >= 11 is 0. The van der Waals surface area contributed by atoms with Gasteiger partial charge in [-0.25, -0.2) is 4.98 Å². The molecule has 1 heterocycles. The summed E-state index contributed by atoms with van der Waals surface area (Å²) in [6.07, 6.45) is 4.02. The zero-order chi connectivity index (χ0) is 20.6. The van der Waals surface area contributed by atoms with Crippen LogP contribution < -0.4 is 9.64 Å². The number of carbonyl (C=O) groups is 1. The predicted octanol–water partition coefficient (Wildman–Crippen LogP) is 5.42. The Labute approximate surface area is 173 Å². The predicted molar refractivity (Wildman–Crippen MR) is 119 cm³/mol. The maximum absolute atomic E-state index is 12.5. The highest BCUT2D eigenvalue weighted by molar-refractivity contribution is 5.96. The number of ketones is 1. The van der Waals surface area contributed by atoms with E-state index in [1.165, 1.54) is 5.69 Å². The highest BCUT2D eigenvalue weighted by atomic mass is 16.5. The van der Waals surface area contributed by atoms with Crippen molar-refractivity contribution in [2.24, 2.45) is 0 Å². The summed E-state index contributed by atoms with van der Waals surface area (Å²) in [5.41, 5.74) is 5.27. The van der Waals surface area contributed by atoms with Gasteiger partial charge in [0.2, 0.25) is 5.88 Å². The van der Waals surface area contributed by atoms with Gasteiger partial charge in [-0.05, 0) is 41.7 Å². The molecule has 0 amide bonds. The second-order valence-electron chi connectivity index (χ2n) is 7.18. The van der Waals surface area contributed by atoms with Crippen molar-refractivity contribution >= 4 is 11.5 Å². The van der Waals surface area contributed by atoms with Gasteiger partial charge in [-0.3, -0.25) is 4.79 Å². The molecule has 0 atom stereocenters. The molecule has 0 saturated heterocycles. The fourth-order valence-electron chi connectivity index (χ4n) is 3.30. The molecule has 0 aliphatic carbocycles. The van der Waals surface area contributed by atoms with E-state index >= 15 is 0 Å². The number of carbonyl (C=O) groups excluding carboxylic acids is 1. The van der Waals surface area contributed by atoms with Crippen LogP contribution in [0, 0.1) is 0 Å². The monoisotopic (exact) mass is 388 g/mol. The van der Waals surface area contributed by atoms with Crippen LogP contribution in [0.15, 0.2) is 66.9 Å². The van der Waals surface area contributed by atoms with Crippen molar-refractivity contribution in [1.82, 2.24) is 4.98 Å². The van der Waals surface area contributed by atoms with E-state index < -0.39 is 0 Å². The zero-order valence-corrected chi connectivity index (χ0v) is 17.4. The zero-order valence-electron chi connectivity index (χ0n) is 17.4. The third kappa shape index (κ3) is 5.44. The molecule has 0 radical (unpaired) electrons. The van der Waals surface area contributed by atoms with Crippen LogP contribution in [-0.4, -0.2) is 31.5 Å². The van der Waals surface area contributed by atoms with E-state index in [0.29, 0.717) is 18.7 Å². The molecule has 0 saturated carbocycles. The van der Waals surface area contributed by atoms with Crippen molar-refractivity contribution in [3.63, 3.8) is 0 Å². The number of aryl methyl sites for hydroxylation is 1. The number of hydrogen-bond donors (Lipinski definition) is 0. The Morgan fingerprint density at radius 1 is 0.966 bits per heavy atom. The summed E-state index contributed by atoms with van der Waals surface area (Å²) in [5, 5.41) is 0. The number of Topliss-reactive ketones (excluding diaryl/α,β-unsaturated/α-hetero) is 1. The number of nitrogens with zero attached hydrogens (tertiary/aromatic N) is 2. The average molecular weight is 389 g/mol. The van der Waals surface area contributed by atoms with Gasteiger partial charge in [0.15, 0.2) is 5.78 Å². The standard InChI is InChI=1S/C25H28N2O2/c1-4-17-27(2)23-13-11-21(12-14-23)20-7-9-22(10-8-20)24(28)15-5-19-6-16-25(29-3)26-18-19/h6-14,16,18H,4-5,15,17H2,1-3H3. The van der Waals surface area contributed by atoms with Gasteiger partial charge >= 0.3 is 0 Å². The Bertz CT molecular complexity index is 917. The molecule has 29 heavy (non-hydrogen) atoms. The van der Waals surface area contributed by atoms with Gasteiger partial charge in [0.1, 0.15) is 0 Å². The number of benzene rings is 2. The summed E-state index contributed by atoms with van der Waals surface area (Å²) < 4.78 is 5.06. The molecule has 0 aliphatic heterocycles. The topological polar surface area (TPSA) is 42.4 Å². The van der Waals surface area contributed by atoms with E-state index in [1.54, 1.807) is 13.3 Å². The first-order chi connectivity index (χ1) is 14.1. The molecule has 3 aromatic rings. The Kier molecular flexibility index (Phi) is 7.01. The summed E-state index contributed by atoms with van der Waals surface area (Å²) in [7, 11) is 3.70. The van der Waals surface area contributed by atoms with E-state index in [0.717, 1.165) is 35.2 Å². The molecule has 3 rings (SSSR count). The van der Waals surface area contributed by atoms with Gasteiger partial charge < -0.3 is 9.64 Å². The molecule has 4 nitrogen and oxygen atoms in total. The minimum atomic E-state index is 0.143. The van der Waals surface area contributed by atoms with E-state index in [9.17, 15) is 4.79 Å². The highest BCUT2D eigenvalue weighted by Crippen LogP contribution is 2.24. The molecule has 0 aliphatic rings. The normalized spacial score (nSPS) is 10.6. The number of hydrogen-bond acceptors (Lipinski definition) is 4. The lowest BCUT2D eigenvalue weighted by Gasteiger charge is -2.18. The Balaban J connectivity index is 1.60. The molecule has 0 N–H and O–H groups in total. The number of methoxy groups -OCH3 is 1. The van der Waals surface area contributed by atoms with E-state index in [4.69, 9.17) is 4.74 Å². The fourth-order valence-corrected chi connectivity index (χ4v) is 3.30. The third-order valence-corrected chi connectivity index (χ3v) is 5.05. The average Bonchev–Trinajstić information content (AvgIpc) is 2.78. The molecule has 0 fully saturated rings. The highest BCUT2D eigenvalue weighted by Gasteiger charge is 2.08. The Morgan fingerprint density at radius 2 is 1.62 bits per heavy atom. The molecular formula is C25H28N2O2. The van der Waals surface area contributed by atoms with Crippen LogP contribution >= 0.6 is 0 Å². The van der Waals surface area contributed by atoms with Gasteiger partial charge in [-0.15, -0.1) is 0 Å². The molecule has 1 aromatic heterocycles. The fraction of sp³-hybridized carbons (Fsp3) is 0.280. The molecule has 0 unspecified atom stereocenters. The summed E-state index contributed by atoms with van der Waals surface area (Å²) in [4.78, 5) is 19.0. The third-order valence-electron chi connectivity index (χ3n) is 5.05. The maximum Gasteiger partial charge on any atom is 0.212 e. The van der Waals surface area contributed by atoms with Crippen LogP contribution in [0.1, 0.15) is 35.7 Å². The van der Waals surface area contributed by atoms with Crippen molar-refractivity contribution in [3.8, 4) is 17.0 Å². The lowest BCUT2D eigenvalue weighted by Crippen LogP contribution is -2.17. The summed E-state index contributed by atoms with van der Waals surface area (Å²) in [6, 6.07) is 20.2. The van der Waals surface area contributed by atoms with Crippen LogP contribution in [0.4, 0.5) is 5.69 Å².